The fourth-order valence-electron chi connectivity index (χ4n) is 2.25. The van der Waals surface area contributed by atoms with E-state index in [-0.39, 0.29) is 12.0 Å². The first-order valence-electron chi connectivity index (χ1n) is 6.21. The molecule has 0 spiro atoms. The Balaban J connectivity index is 2.72. The molecule has 0 aromatic carbocycles. The third kappa shape index (κ3) is 3.66. The van der Waals surface area contributed by atoms with Crippen molar-refractivity contribution in [3.8, 4) is 0 Å². The Morgan fingerprint density at radius 2 is 2.06 bits per heavy atom. The van der Waals surface area contributed by atoms with Crippen LogP contribution in [0.25, 0.3) is 0 Å². The number of methoxy groups -OCH3 is 1. The summed E-state index contributed by atoms with van der Waals surface area (Å²) in [4.78, 5) is 11.3. The van der Waals surface area contributed by atoms with Gasteiger partial charge >= 0.3 is 5.97 Å². The van der Waals surface area contributed by atoms with Crippen molar-refractivity contribution in [2.45, 2.75) is 43.9 Å². The van der Waals surface area contributed by atoms with E-state index in [9.17, 15) is 13.2 Å². The molecule has 0 aliphatic heterocycles. The number of nitrogens with one attached hydrogen (secondary N) is 1. The standard InChI is InChI=1S/C11H22N2O4S/c1-8(11(14)17-2)18(15,16)13-10-6-4-3-5-9(10)7-12/h8-10,13H,3-7,12H2,1-2H3. The number of ether oxygens (including phenoxy) is 1. The molecule has 0 aromatic rings. The van der Waals surface area contributed by atoms with Gasteiger partial charge in [0, 0.05) is 6.04 Å². The molecule has 3 atom stereocenters. The fraction of sp³-hybridized carbons (Fsp3) is 0.909. The second-order valence-corrected chi connectivity index (χ2v) is 6.75. The lowest BCUT2D eigenvalue weighted by molar-refractivity contribution is -0.139. The molecule has 1 aliphatic rings. The lowest BCUT2D eigenvalue weighted by Gasteiger charge is -2.31. The Hall–Kier alpha value is -0.660. The number of hydrogen-bond donors (Lipinski definition) is 2. The van der Waals surface area contributed by atoms with Crippen molar-refractivity contribution in [3.05, 3.63) is 0 Å². The first kappa shape index (κ1) is 15.4. The zero-order chi connectivity index (χ0) is 13.8. The summed E-state index contributed by atoms with van der Waals surface area (Å²) in [5.74, 6) is -0.596. The summed E-state index contributed by atoms with van der Waals surface area (Å²) in [5.41, 5.74) is 5.65. The molecule has 1 rings (SSSR count). The number of rotatable bonds is 5. The topological polar surface area (TPSA) is 98.5 Å². The summed E-state index contributed by atoms with van der Waals surface area (Å²) in [7, 11) is -2.52. The summed E-state index contributed by atoms with van der Waals surface area (Å²) in [6.45, 7) is 1.79. The van der Waals surface area contributed by atoms with Crippen LogP contribution in [0.1, 0.15) is 32.6 Å². The smallest absolute Gasteiger partial charge is 0.325 e. The molecule has 0 aromatic heterocycles. The summed E-state index contributed by atoms with van der Waals surface area (Å²) in [6, 6.07) is -0.166. The van der Waals surface area contributed by atoms with E-state index in [0.717, 1.165) is 25.7 Å². The molecule has 1 fully saturated rings. The second kappa shape index (κ2) is 6.49. The van der Waals surface area contributed by atoms with Crippen molar-refractivity contribution < 1.29 is 17.9 Å². The monoisotopic (exact) mass is 278 g/mol. The Morgan fingerprint density at radius 3 is 2.61 bits per heavy atom. The molecule has 0 saturated heterocycles. The van der Waals surface area contributed by atoms with Crippen LogP contribution in [-0.2, 0) is 19.6 Å². The highest BCUT2D eigenvalue weighted by Crippen LogP contribution is 2.24. The van der Waals surface area contributed by atoms with Crippen molar-refractivity contribution in [2.24, 2.45) is 11.7 Å². The van der Waals surface area contributed by atoms with Gasteiger partial charge in [0.1, 0.15) is 0 Å². The third-order valence-corrected chi connectivity index (χ3v) is 5.28. The maximum atomic E-state index is 12.0. The van der Waals surface area contributed by atoms with Gasteiger partial charge in [0.25, 0.3) is 0 Å². The molecule has 1 saturated carbocycles. The number of esters is 1. The van der Waals surface area contributed by atoms with E-state index < -0.39 is 21.2 Å². The zero-order valence-electron chi connectivity index (χ0n) is 10.9. The second-order valence-electron chi connectivity index (χ2n) is 4.71. The van der Waals surface area contributed by atoms with Crippen molar-refractivity contribution in [1.82, 2.24) is 4.72 Å². The van der Waals surface area contributed by atoms with Crippen LogP contribution in [0.15, 0.2) is 0 Å². The first-order chi connectivity index (χ1) is 8.42. The van der Waals surface area contributed by atoms with Gasteiger partial charge in [-0.2, -0.15) is 0 Å². The number of nitrogens with two attached hydrogens (primary N) is 1. The Morgan fingerprint density at radius 1 is 1.44 bits per heavy atom. The summed E-state index contributed by atoms with van der Waals surface area (Å²) < 4.78 is 31.1. The number of sulfonamides is 1. The van der Waals surface area contributed by atoms with Crippen LogP contribution >= 0.6 is 0 Å². The van der Waals surface area contributed by atoms with Crippen LogP contribution in [0, 0.1) is 5.92 Å². The average molecular weight is 278 g/mol. The molecule has 106 valence electrons. The van der Waals surface area contributed by atoms with Gasteiger partial charge in [0.15, 0.2) is 5.25 Å². The highest BCUT2D eigenvalue weighted by Gasteiger charge is 2.34. The molecule has 1 aliphatic carbocycles. The van der Waals surface area contributed by atoms with Gasteiger partial charge in [-0.05, 0) is 32.2 Å². The minimum absolute atomic E-state index is 0.151. The lowest BCUT2D eigenvalue weighted by atomic mass is 9.85. The number of carbonyl (C=O) groups excluding carboxylic acids is 1. The molecule has 0 bridgehead atoms. The quantitative estimate of drug-likeness (QED) is 0.689. The first-order valence-corrected chi connectivity index (χ1v) is 7.76. The largest absolute Gasteiger partial charge is 0.468 e. The summed E-state index contributed by atoms with van der Waals surface area (Å²) in [5, 5.41) is -1.19. The van der Waals surface area contributed by atoms with Crippen LogP contribution in [0.2, 0.25) is 0 Å². The van der Waals surface area contributed by atoms with Crippen molar-refractivity contribution in [3.63, 3.8) is 0 Å². The van der Waals surface area contributed by atoms with Crippen LogP contribution in [-0.4, -0.2) is 39.3 Å². The van der Waals surface area contributed by atoms with E-state index in [0.29, 0.717) is 6.54 Å². The predicted molar refractivity (Wildman–Crippen MR) is 68.3 cm³/mol. The Bertz CT molecular complexity index is 383. The highest BCUT2D eigenvalue weighted by atomic mass is 32.2. The van der Waals surface area contributed by atoms with Gasteiger partial charge < -0.3 is 10.5 Å². The van der Waals surface area contributed by atoms with E-state index in [1.165, 1.54) is 14.0 Å². The van der Waals surface area contributed by atoms with Crippen LogP contribution in [0.5, 0.6) is 0 Å². The van der Waals surface area contributed by atoms with Crippen LogP contribution < -0.4 is 10.5 Å². The Labute approximate surface area is 108 Å². The highest BCUT2D eigenvalue weighted by molar-refractivity contribution is 7.90. The van der Waals surface area contributed by atoms with Gasteiger partial charge in [-0.3, -0.25) is 4.79 Å². The fourth-order valence-corrected chi connectivity index (χ4v) is 3.54. The van der Waals surface area contributed by atoms with Gasteiger partial charge in [0.2, 0.25) is 10.0 Å². The van der Waals surface area contributed by atoms with E-state index in [2.05, 4.69) is 9.46 Å². The van der Waals surface area contributed by atoms with Gasteiger partial charge in [-0.15, -0.1) is 0 Å². The van der Waals surface area contributed by atoms with Gasteiger partial charge in [0.05, 0.1) is 7.11 Å². The molecule has 0 radical (unpaired) electrons. The van der Waals surface area contributed by atoms with Gasteiger partial charge in [-0.1, -0.05) is 12.8 Å². The van der Waals surface area contributed by atoms with E-state index in [1.807, 2.05) is 0 Å². The molecule has 3 N–H and O–H groups in total. The number of hydrogen-bond acceptors (Lipinski definition) is 5. The van der Waals surface area contributed by atoms with Crippen LogP contribution in [0.3, 0.4) is 0 Å². The maximum Gasteiger partial charge on any atom is 0.325 e. The van der Waals surface area contributed by atoms with Crippen molar-refractivity contribution >= 4 is 16.0 Å². The predicted octanol–water partition coefficient (Wildman–Crippen LogP) is -0.0152. The molecule has 18 heavy (non-hydrogen) atoms. The number of carbonyl (C=O) groups is 1. The molecule has 0 amide bonds. The lowest BCUT2D eigenvalue weighted by Crippen LogP contribution is -2.48. The van der Waals surface area contributed by atoms with E-state index in [4.69, 9.17) is 5.73 Å². The third-order valence-electron chi connectivity index (χ3n) is 3.53. The summed E-state index contributed by atoms with van der Waals surface area (Å²) >= 11 is 0. The minimum atomic E-state index is -3.69. The van der Waals surface area contributed by atoms with Crippen molar-refractivity contribution in [1.29, 1.82) is 0 Å². The molecule has 7 heteroatoms. The average Bonchev–Trinajstić information content (AvgIpc) is 2.37. The van der Waals surface area contributed by atoms with Crippen molar-refractivity contribution in [2.75, 3.05) is 13.7 Å². The maximum absolute atomic E-state index is 12.0. The molecular weight excluding hydrogens is 256 g/mol. The molecule has 3 unspecified atom stereocenters. The van der Waals surface area contributed by atoms with Gasteiger partial charge in [-0.25, -0.2) is 13.1 Å². The molecule has 6 nitrogen and oxygen atoms in total. The van der Waals surface area contributed by atoms with E-state index >= 15 is 0 Å². The minimum Gasteiger partial charge on any atom is -0.468 e. The van der Waals surface area contributed by atoms with Crippen LogP contribution in [0.4, 0.5) is 0 Å². The molecule has 0 heterocycles. The Kier molecular flexibility index (Phi) is 5.55. The summed E-state index contributed by atoms with van der Waals surface area (Å²) in [6.07, 6.45) is 3.76. The molecular formula is C11H22N2O4S. The van der Waals surface area contributed by atoms with E-state index in [1.54, 1.807) is 0 Å². The normalized spacial score (nSPS) is 26.6. The SMILES string of the molecule is COC(=O)C(C)S(=O)(=O)NC1CCCCC1CN. The zero-order valence-corrected chi connectivity index (χ0v) is 11.7.